The Kier molecular flexibility index (Phi) is 5.54. The first-order valence-electron chi connectivity index (χ1n) is 10.1. The summed E-state index contributed by atoms with van der Waals surface area (Å²) in [7, 11) is 0. The minimum atomic E-state index is -0.944. The number of ether oxygens (including phenoxy) is 1. The van der Waals surface area contributed by atoms with Gasteiger partial charge in [0.25, 0.3) is 0 Å². The molecule has 2 aromatic heterocycles. The van der Waals surface area contributed by atoms with Crippen molar-refractivity contribution in [2.75, 3.05) is 13.1 Å². The average Bonchev–Trinajstić information content (AvgIpc) is 3.33. The molecule has 4 rings (SSSR count). The number of rotatable bonds is 6. The molecule has 9 nitrogen and oxygen atoms in total. The van der Waals surface area contributed by atoms with Crippen molar-refractivity contribution in [3.63, 3.8) is 0 Å². The van der Waals surface area contributed by atoms with Gasteiger partial charge in [-0.2, -0.15) is 0 Å². The summed E-state index contributed by atoms with van der Waals surface area (Å²) in [6.45, 7) is 6.47. The summed E-state index contributed by atoms with van der Waals surface area (Å²) in [4.78, 5) is 25.0. The minimum Gasteiger partial charge on any atom is -0.478 e. The molecule has 1 saturated heterocycles. The molecule has 0 unspecified atom stereocenters. The van der Waals surface area contributed by atoms with E-state index in [-0.39, 0.29) is 17.6 Å². The van der Waals surface area contributed by atoms with Gasteiger partial charge in [-0.15, -0.1) is 5.10 Å². The van der Waals surface area contributed by atoms with Crippen LogP contribution in [0.5, 0.6) is 0 Å². The Morgan fingerprint density at radius 2 is 2.00 bits per heavy atom. The standard InChI is InChI=1S/C21H25N5O4/c1-3-25-13-19(21(28)29)18-10-16(4-5-20(18)25)26-12-15(22-23-26)11-24-8-6-17(7-9-24)30-14(2)27/h4-5,10,12-13,17H,3,6-9,11H2,1-2H3,(H,28,29). The van der Waals surface area contributed by atoms with E-state index in [0.717, 1.165) is 42.8 Å². The highest BCUT2D eigenvalue weighted by Crippen LogP contribution is 2.25. The number of piperidine rings is 1. The quantitative estimate of drug-likeness (QED) is 0.622. The third-order valence-electron chi connectivity index (χ3n) is 5.49. The lowest BCUT2D eigenvalue weighted by atomic mass is 10.1. The van der Waals surface area contributed by atoms with Crippen molar-refractivity contribution in [1.82, 2.24) is 24.5 Å². The molecule has 0 atom stereocenters. The van der Waals surface area contributed by atoms with Gasteiger partial charge in [-0.3, -0.25) is 9.69 Å². The highest BCUT2D eigenvalue weighted by Gasteiger charge is 2.22. The first-order valence-corrected chi connectivity index (χ1v) is 10.1. The number of nitrogens with zero attached hydrogens (tertiary/aromatic N) is 5. The molecule has 0 bridgehead atoms. The number of benzene rings is 1. The minimum absolute atomic E-state index is 0.0000170. The molecule has 0 amide bonds. The zero-order chi connectivity index (χ0) is 21.3. The Bertz CT molecular complexity index is 1080. The van der Waals surface area contributed by atoms with Crippen LogP contribution in [0, 0.1) is 0 Å². The Morgan fingerprint density at radius 3 is 2.67 bits per heavy atom. The van der Waals surface area contributed by atoms with Crippen LogP contribution in [-0.4, -0.2) is 60.7 Å². The van der Waals surface area contributed by atoms with Crippen LogP contribution < -0.4 is 0 Å². The molecule has 1 aromatic carbocycles. The van der Waals surface area contributed by atoms with Crippen LogP contribution in [0.2, 0.25) is 0 Å². The molecule has 1 aliphatic rings. The lowest BCUT2D eigenvalue weighted by Crippen LogP contribution is -2.37. The monoisotopic (exact) mass is 411 g/mol. The number of aryl methyl sites for hydroxylation is 1. The van der Waals surface area contributed by atoms with Crippen LogP contribution in [0.15, 0.2) is 30.6 Å². The van der Waals surface area contributed by atoms with E-state index in [0.29, 0.717) is 18.5 Å². The number of carboxylic acids is 1. The van der Waals surface area contributed by atoms with Gasteiger partial charge in [0.1, 0.15) is 6.10 Å². The fourth-order valence-electron chi connectivity index (χ4n) is 4.01. The van der Waals surface area contributed by atoms with Crippen LogP contribution in [0.4, 0.5) is 0 Å². The van der Waals surface area contributed by atoms with Crippen molar-refractivity contribution in [3.8, 4) is 5.69 Å². The maximum Gasteiger partial charge on any atom is 0.337 e. The second kappa shape index (κ2) is 8.27. The van der Waals surface area contributed by atoms with Gasteiger partial charge in [-0.25, -0.2) is 9.48 Å². The predicted molar refractivity (Wildman–Crippen MR) is 110 cm³/mol. The van der Waals surface area contributed by atoms with Gasteiger partial charge in [-0.05, 0) is 38.0 Å². The summed E-state index contributed by atoms with van der Waals surface area (Å²) >= 11 is 0. The molecule has 30 heavy (non-hydrogen) atoms. The molecule has 1 aliphatic heterocycles. The molecule has 1 fully saturated rings. The van der Waals surface area contributed by atoms with E-state index in [4.69, 9.17) is 4.74 Å². The lowest BCUT2D eigenvalue weighted by molar-refractivity contribution is -0.148. The summed E-state index contributed by atoms with van der Waals surface area (Å²) in [5, 5.41) is 18.7. The summed E-state index contributed by atoms with van der Waals surface area (Å²) in [5.41, 5.74) is 2.77. The van der Waals surface area contributed by atoms with Gasteiger partial charge < -0.3 is 14.4 Å². The van der Waals surface area contributed by atoms with Crippen molar-refractivity contribution < 1.29 is 19.4 Å². The van der Waals surface area contributed by atoms with Crippen molar-refractivity contribution in [2.24, 2.45) is 0 Å². The third kappa shape index (κ3) is 4.06. The lowest BCUT2D eigenvalue weighted by Gasteiger charge is -2.30. The fraction of sp³-hybridized carbons (Fsp3) is 0.429. The van der Waals surface area contributed by atoms with Crippen molar-refractivity contribution >= 4 is 22.8 Å². The van der Waals surface area contributed by atoms with E-state index in [2.05, 4.69) is 15.2 Å². The normalized spacial score (nSPS) is 15.5. The number of esters is 1. The van der Waals surface area contributed by atoms with Crippen molar-refractivity contribution in [1.29, 1.82) is 0 Å². The molecular weight excluding hydrogens is 386 g/mol. The average molecular weight is 411 g/mol. The fourth-order valence-corrected chi connectivity index (χ4v) is 4.01. The smallest absolute Gasteiger partial charge is 0.337 e. The van der Waals surface area contributed by atoms with Crippen LogP contribution in [0.3, 0.4) is 0 Å². The second-order valence-corrected chi connectivity index (χ2v) is 7.57. The van der Waals surface area contributed by atoms with E-state index in [1.54, 1.807) is 10.9 Å². The molecule has 1 N–H and O–H groups in total. The van der Waals surface area contributed by atoms with Gasteiger partial charge >= 0.3 is 11.9 Å². The highest BCUT2D eigenvalue weighted by molar-refractivity contribution is 6.04. The number of fused-ring (bicyclic) bond motifs is 1. The number of carbonyl (C=O) groups excluding carboxylic acids is 1. The second-order valence-electron chi connectivity index (χ2n) is 7.57. The molecule has 158 valence electrons. The number of carboxylic acid groups (broad SMARTS) is 1. The maximum absolute atomic E-state index is 11.6. The summed E-state index contributed by atoms with van der Waals surface area (Å²) in [5.74, 6) is -1.17. The van der Waals surface area contributed by atoms with Crippen LogP contribution in [0.25, 0.3) is 16.6 Å². The van der Waals surface area contributed by atoms with E-state index >= 15 is 0 Å². The summed E-state index contributed by atoms with van der Waals surface area (Å²) in [6, 6.07) is 5.68. The third-order valence-corrected chi connectivity index (χ3v) is 5.49. The van der Waals surface area contributed by atoms with E-state index in [1.165, 1.54) is 6.92 Å². The number of hydrogen-bond acceptors (Lipinski definition) is 6. The molecule has 3 aromatic rings. The van der Waals surface area contributed by atoms with E-state index < -0.39 is 5.97 Å². The number of aromatic nitrogens is 4. The number of aromatic carboxylic acids is 1. The molecule has 0 saturated carbocycles. The Morgan fingerprint density at radius 1 is 1.23 bits per heavy atom. The van der Waals surface area contributed by atoms with E-state index in [1.807, 2.05) is 35.9 Å². The number of carbonyl (C=O) groups is 2. The zero-order valence-corrected chi connectivity index (χ0v) is 17.1. The molecule has 9 heteroatoms. The SMILES string of the molecule is CCn1cc(C(=O)O)c2cc(-n3cc(CN4CCC(OC(C)=O)CC4)nn3)ccc21. The van der Waals surface area contributed by atoms with Gasteiger partial charge in [0, 0.05) is 50.2 Å². The van der Waals surface area contributed by atoms with Crippen molar-refractivity contribution in [2.45, 2.75) is 45.9 Å². The van der Waals surface area contributed by atoms with E-state index in [9.17, 15) is 14.7 Å². The van der Waals surface area contributed by atoms with Gasteiger partial charge in [0.2, 0.25) is 0 Å². The van der Waals surface area contributed by atoms with Crippen LogP contribution in [-0.2, 0) is 22.6 Å². The van der Waals surface area contributed by atoms with Gasteiger partial charge in [0.05, 0.1) is 23.1 Å². The molecule has 0 radical (unpaired) electrons. The molecule has 3 heterocycles. The van der Waals surface area contributed by atoms with Crippen molar-refractivity contribution in [3.05, 3.63) is 41.9 Å². The molecule has 0 aliphatic carbocycles. The zero-order valence-electron chi connectivity index (χ0n) is 17.1. The first kappa shape index (κ1) is 20.1. The molecular formula is C21H25N5O4. The first-order chi connectivity index (χ1) is 14.4. The largest absolute Gasteiger partial charge is 0.478 e. The highest BCUT2D eigenvalue weighted by atomic mass is 16.5. The van der Waals surface area contributed by atoms with Crippen LogP contribution >= 0.6 is 0 Å². The van der Waals surface area contributed by atoms with Crippen LogP contribution in [0.1, 0.15) is 42.7 Å². The Balaban J connectivity index is 1.49. The van der Waals surface area contributed by atoms with Gasteiger partial charge in [0.15, 0.2) is 0 Å². The number of likely N-dealkylation sites (tertiary alicyclic amines) is 1. The summed E-state index contributed by atoms with van der Waals surface area (Å²) in [6.07, 6.45) is 5.17. The Hall–Kier alpha value is -3.20. The maximum atomic E-state index is 11.6. The Labute approximate surface area is 173 Å². The number of hydrogen-bond donors (Lipinski definition) is 1. The predicted octanol–water partition coefficient (Wildman–Crippen LogP) is 2.47. The summed E-state index contributed by atoms with van der Waals surface area (Å²) < 4.78 is 8.88. The molecule has 0 spiro atoms. The van der Waals surface area contributed by atoms with Gasteiger partial charge in [-0.1, -0.05) is 5.21 Å². The topological polar surface area (TPSA) is 102 Å².